The maximum atomic E-state index is 10.9. The van der Waals surface area contributed by atoms with Crippen LogP contribution in [0.25, 0.3) is 0 Å². The Morgan fingerprint density at radius 2 is 1.94 bits per heavy atom. The molecule has 17 heavy (non-hydrogen) atoms. The van der Waals surface area contributed by atoms with Crippen molar-refractivity contribution in [2.75, 3.05) is 0 Å². The number of hydrogen-bond donors (Lipinski definition) is 2. The molecule has 1 atom stereocenters. The number of hydrogen-bond acceptors (Lipinski definition) is 2. The van der Waals surface area contributed by atoms with E-state index < -0.39 is 12.0 Å². The summed E-state index contributed by atoms with van der Waals surface area (Å²) in [5.41, 5.74) is 1.18. The molecule has 4 heteroatoms. The van der Waals surface area contributed by atoms with E-state index >= 15 is 0 Å². The first-order chi connectivity index (χ1) is 8.09. The predicted molar refractivity (Wildman–Crippen MR) is 64.6 cm³/mol. The van der Waals surface area contributed by atoms with Gasteiger partial charge < -0.3 is 10.4 Å². The summed E-state index contributed by atoms with van der Waals surface area (Å²) in [5, 5.41) is 11.3. The van der Waals surface area contributed by atoms with Gasteiger partial charge in [0.2, 0.25) is 5.91 Å². The average Bonchev–Trinajstić information content (AvgIpc) is 2.28. The van der Waals surface area contributed by atoms with Crippen molar-refractivity contribution in [3.05, 3.63) is 35.9 Å². The standard InChI is InChI=1S/C13H17NO3/c1-10(15)14-12(13(16)17)9-5-8-11-6-3-2-4-7-11/h2-4,6-7,12H,5,8-9H2,1H3,(H,14,15)(H,16,17). The highest BCUT2D eigenvalue weighted by Crippen LogP contribution is 2.06. The third kappa shape index (κ3) is 5.15. The molecule has 0 fully saturated rings. The molecule has 0 aliphatic heterocycles. The minimum atomic E-state index is -0.978. The van der Waals surface area contributed by atoms with Crippen LogP contribution in [0.3, 0.4) is 0 Å². The van der Waals surface area contributed by atoms with Crippen molar-refractivity contribution in [3.63, 3.8) is 0 Å². The minimum Gasteiger partial charge on any atom is -0.480 e. The van der Waals surface area contributed by atoms with Gasteiger partial charge in [-0.2, -0.15) is 0 Å². The first-order valence-electron chi connectivity index (χ1n) is 5.63. The minimum absolute atomic E-state index is 0.308. The van der Waals surface area contributed by atoms with E-state index in [1.807, 2.05) is 30.3 Å². The Morgan fingerprint density at radius 3 is 2.47 bits per heavy atom. The first-order valence-corrected chi connectivity index (χ1v) is 5.63. The number of carboxylic acid groups (broad SMARTS) is 1. The van der Waals surface area contributed by atoms with Crippen molar-refractivity contribution in [3.8, 4) is 0 Å². The Morgan fingerprint density at radius 1 is 1.29 bits per heavy atom. The van der Waals surface area contributed by atoms with Crippen LogP contribution in [-0.2, 0) is 16.0 Å². The Balaban J connectivity index is 2.37. The van der Waals surface area contributed by atoms with Crippen molar-refractivity contribution in [1.82, 2.24) is 5.32 Å². The van der Waals surface area contributed by atoms with Crippen molar-refractivity contribution >= 4 is 11.9 Å². The SMILES string of the molecule is CC(=O)NC(CCCc1ccccc1)C(=O)O. The highest BCUT2D eigenvalue weighted by molar-refractivity contribution is 5.81. The van der Waals surface area contributed by atoms with Gasteiger partial charge in [-0.15, -0.1) is 0 Å². The van der Waals surface area contributed by atoms with Gasteiger partial charge in [0.1, 0.15) is 6.04 Å². The highest BCUT2D eigenvalue weighted by atomic mass is 16.4. The van der Waals surface area contributed by atoms with Gasteiger partial charge in [0, 0.05) is 6.92 Å². The summed E-state index contributed by atoms with van der Waals surface area (Å²) >= 11 is 0. The zero-order valence-corrected chi connectivity index (χ0v) is 9.85. The van der Waals surface area contributed by atoms with Crippen LogP contribution in [0.5, 0.6) is 0 Å². The van der Waals surface area contributed by atoms with E-state index in [9.17, 15) is 9.59 Å². The summed E-state index contributed by atoms with van der Waals surface area (Å²) in [4.78, 5) is 21.7. The topological polar surface area (TPSA) is 66.4 Å². The fraction of sp³-hybridized carbons (Fsp3) is 0.385. The monoisotopic (exact) mass is 235 g/mol. The van der Waals surface area contributed by atoms with E-state index in [0.29, 0.717) is 6.42 Å². The van der Waals surface area contributed by atoms with E-state index in [0.717, 1.165) is 12.8 Å². The quantitative estimate of drug-likeness (QED) is 0.787. The van der Waals surface area contributed by atoms with Crippen molar-refractivity contribution in [2.24, 2.45) is 0 Å². The molecular weight excluding hydrogens is 218 g/mol. The Bertz CT molecular complexity index is 376. The summed E-state index contributed by atoms with van der Waals surface area (Å²) in [6.45, 7) is 1.33. The molecule has 0 heterocycles. The number of rotatable bonds is 6. The molecule has 0 spiro atoms. The van der Waals surface area contributed by atoms with Gasteiger partial charge in [-0.25, -0.2) is 4.79 Å². The number of aliphatic carboxylic acids is 1. The lowest BCUT2D eigenvalue weighted by molar-refractivity contribution is -0.141. The van der Waals surface area contributed by atoms with Gasteiger partial charge in [-0.05, 0) is 24.8 Å². The normalized spacial score (nSPS) is 11.8. The molecule has 0 saturated carbocycles. The highest BCUT2D eigenvalue weighted by Gasteiger charge is 2.17. The second-order valence-electron chi connectivity index (χ2n) is 3.97. The summed E-state index contributed by atoms with van der Waals surface area (Å²) in [6, 6.07) is 9.09. The van der Waals surface area contributed by atoms with Crippen LogP contribution in [0, 0.1) is 0 Å². The number of nitrogens with one attached hydrogen (secondary N) is 1. The molecule has 0 aliphatic rings. The van der Waals surface area contributed by atoms with Crippen molar-refractivity contribution in [1.29, 1.82) is 0 Å². The fourth-order valence-corrected chi connectivity index (χ4v) is 1.66. The molecule has 1 unspecified atom stereocenters. The third-order valence-corrected chi connectivity index (χ3v) is 2.48. The van der Waals surface area contributed by atoms with Gasteiger partial charge in [0.05, 0.1) is 0 Å². The van der Waals surface area contributed by atoms with Crippen LogP contribution in [0.2, 0.25) is 0 Å². The summed E-state index contributed by atoms with van der Waals surface area (Å²) in [5.74, 6) is -1.29. The van der Waals surface area contributed by atoms with Gasteiger partial charge in [0.15, 0.2) is 0 Å². The summed E-state index contributed by atoms with van der Waals surface area (Å²) in [7, 11) is 0. The number of carbonyl (C=O) groups is 2. The van der Waals surface area contributed by atoms with Crippen LogP contribution in [-0.4, -0.2) is 23.0 Å². The molecule has 0 radical (unpaired) electrons. The smallest absolute Gasteiger partial charge is 0.326 e. The molecule has 1 aromatic rings. The fourth-order valence-electron chi connectivity index (χ4n) is 1.66. The van der Waals surface area contributed by atoms with E-state index in [1.165, 1.54) is 12.5 Å². The van der Waals surface area contributed by atoms with E-state index in [1.54, 1.807) is 0 Å². The van der Waals surface area contributed by atoms with E-state index in [2.05, 4.69) is 5.32 Å². The Hall–Kier alpha value is -1.84. The molecule has 1 aromatic carbocycles. The maximum absolute atomic E-state index is 10.9. The van der Waals surface area contributed by atoms with Gasteiger partial charge >= 0.3 is 5.97 Å². The van der Waals surface area contributed by atoms with Crippen LogP contribution in [0.4, 0.5) is 0 Å². The Kier molecular flexibility index (Phi) is 5.20. The zero-order valence-electron chi connectivity index (χ0n) is 9.85. The lowest BCUT2D eigenvalue weighted by Gasteiger charge is -2.12. The second kappa shape index (κ2) is 6.68. The summed E-state index contributed by atoms with van der Waals surface area (Å²) < 4.78 is 0. The molecule has 0 aliphatic carbocycles. The van der Waals surface area contributed by atoms with Gasteiger partial charge in [0.25, 0.3) is 0 Å². The van der Waals surface area contributed by atoms with Gasteiger partial charge in [-0.3, -0.25) is 4.79 Å². The number of carbonyl (C=O) groups excluding carboxylic acids is 1. The molecule has 1 rings (SSSR count). The number of benzene rings is 1. The van der Waals surface area contributed by atoms with Crippen LogP contribution >= 0.6 is 0 Å². The first kappa shape index (κ1) is 13.2. The zero-order chi connectivity index (χ0) is 12.7. The Labute approximate surface area is 101 Å². The molecule has 1 amide bonds. The van der Waals surface area contributed by atoms with Crippen LogP contribution < -0.4 is 5.32 Å². The average molecular weight is 235 g/mol. The number of amides is 1. The molecular formula is C13H17NO3. The molecule has 0 bridgehead atoms. The molecule has 4 nitrogen and oxygen atoms in total. The molecule has 2 N–H and O–H groups in total. The largest absolute Gasteiger partial charge is 0.480 e. The van der Waals surface area contributed by atoms with Crippen molar-refractivity contribution < 1.29 is 14.7 Å². The van der Waals surface area contributed by atoms with Crippen LogP contribution in [0.1, 0.15) is 25.3 Å². The lowest BCUT2D eigenvalue weighted by atomic mass is 10.0. The van der Waals surface area contributed by atoms with Crippen LogP contribution in [0.15, 0.2) is 30.3 Å². The van der Waals surface area contributed by atoms with E-state index in [-0.39, 0.29) is 5.91 Å². The summed E-state index contributed by atoms with van der Waals surface area (Å²) in [6.07, 6.45) is 2.01. The van der Waals surface area contributed by atoms with Gasteiger partial charge in [-0.1, -0.05) is 30.3 Å². The molecule has 0 saturated heterocycles. The van der Waals surface area contributed by atoms with Crippen molar-refractivity contribution in [2.45, 2.75) is 32.2 Å². The maximum Gasteiger partial charge on any atom is 0.326 e. The third-order valence-electron chi connectivity index (χ3n) is 2.48. The lowest BCUT2D eigenvalue weighted by Crippen LogP contribution is -2.39. The molecule has 92 valence electrons. The number of aryl methyl sites for hydroxylation is 1. The van der Waals surface area contributed by atoms with E-state index in [4.69, 9.17) is 5.11 Å². The molecule has 0 aromatic heterocycles. The number of carboxylic acids is 1. The second-order valence-corrected chi connectivity index (χ2v) is 3.97. The predicted octanol–water partition coefficient (Wildman–Crippen LogP) is 1.60.